The summed E-state index contributed by atoms with van der Waals surface area (Å²) in [7, 11) is -1.24. The van der Waals surface area contributed by atoms with Crippen molar-refractivity contribution in [1.82, 2.24) is 0 Å². The highest BCUT2D eigenvalue weighted by Gasteiger charge is 2.30. The molecule has 0 spiro atoms. The standard InChI is InChI=1S/C30H46O2P/c1-14-33(31-25-17-15-21(27(2,3)4)19-23(25)29(8,9)10)32-26-18-16-22(28(5,6)7)20-24(26)30(11,12)13/h14-20H,1-13H3/q+1. The van der Waals surface area contributed by atoms with E-state index in [0.717, 1.165) is 11.5 Å². The molecule has 182 valence electrons. The summed E-state index contributed by atoms with van der Waals surface area (Å²) in [4.78, 5) is 0. The molecule has 0 aliphatic heterocycles. The average molecular weight is 470 g/mol. The van der Waals surface area contributed by atoms with E-state index in [2.05, 4.69) is 119 Å². The van der Waals surface area contributed by atoms with Crippen LogP contribution in [0.3, 0.4) is 0 Å². The molecule has 2 aromatic rings. The molecule has 0 saturated carbocycles. The van der Waals surface area contributed by atoms with Crippen LogP contribution in [-0.2, 0) is 21.7 Å². The summed E-state index contributed by atoms with van der Waals surface area (Å²) in [6, 6.07) is 13.2. The Hall–Kier alpha value is -1.79. The second-order valence-corrected chi connectivity index (χ2v) is 14.6. The molecule has 0 saturated heterocycles. The van der Waals surface area contributed by atoms with Gasteiger partial charge in [-0.25, -0.2) is 0 Å². The van der Waals surface area contributed by atoms with Crippen LogP contribution in [0.4, 0.5) is 0 Å². The number of rotatable bonds is 4. The maximum Gasteiger partial charge on any atom is 0.528 e. The summed E-state index contributed by atoms with van der Waals surface area (Å²) < 4.78 is 13.1. The summed E-state index contributed by atoms with van der Waals surface area (Å²) in [6.07, 6.45) is 0. The molecule has 0 fully saturated rings. The molecule has 2 aromatic carbocycles. The summed E-state index contributed by atoms with van der Waals surface area (Å²) >= 11 is 0. The van der Waals surface area contributed by atoms with Gasteiger partial charge in [0, 0.05) is 18.1 Å². The number of hydrogen-bond donors (Lipinski definition) is 0. The molecule has 2 nitrogen and oxygen atoms in total. The van der Waals surface area contributed by atoms with Gasteiger partial charge in [0.1, 0.15) is 0 Å². The van der Waals surface area contributed by atoms with E-state index >= 15 is 0 Å². The fraction of sp³-hybridized carbons (Fsp3) is 0.567. The first kappa shape index (κ1) is 27.5. The number of hydrogen-bond acceptors (Lipinski definition) is 2. The first-order valence-electron chi connectivity index (χ1n) is 12.1. The minimum absolute atomic E-state index is 0.0315. The number of benzene rings is 2. The molecule has 0 heterocycles. The first-order chi connectivity index (χ1) is 14.8. The molecule has 0 bridgehead atoms. The molecular formula is C30H46O2P+. The van der Waals surface area contributed by atoms with E-state index in [-0.39, 0.29) is 21.7 Å². The van der Waals surface area contributed by atoms with Gasteiger partial charge in [-0.2, -0.15) is 0 Å². The molecule has 0 aliphatic rings. The van der Waals surface area contributed by atoms with Crippen molar-refractivity contribution >= 4 is 13.8 Å². The van der Waals surface area contributed by atoms with Crippen molar-refractivity contribution in [3.8, 4) is 11.5 Å². The smallest absolute Gasteiger partial charge is 0.253 e. The van der Waals surface area contributed by atoms with Gasteiger partial charge in [-0.1, -0.05) is 107 Å². The SMILES string of the molecule is CC=[P+](Oc1ccc(C(C)(C)C)cc1C(C)(C)C)Oc1ccc(C(C)(C)C)cc1C(C)(C)C. The fourth-order valence-electron chi connectivity index (χ4n) is 3.64. The van der Waals surface area contributed by atoms with Gasteiger partial charge in [-0.3, -0.25) is 9.05 Å². The lowest BCUT2D eigenvalue weighted by Crippen LogP contribution is -2.18. The van der Waals surface area contributed by atoms with Crippen molar-refractivity contribution in [2.45, 2.75) is 112 Å². The average Bonchev–Trinajstić information content (AvgIpc) is 2.64. The Balaban J connectivity index is 2.47. The Kier molecular flexibility index (Phi) is 7.87. The van der Waals surface area contributed by atoms with Gasteiger partial charge in [0.15, 0.2) is 17.3 Å². The Bertz CT molecular complexity index is 924. The van der Waals surface area contributed by atoms with Crippen LogP contribution in [0.2, 0.25) is 0 Å². The molecule has 0 aromatic heterocycles. The van der Waals surface area contributed by atoms with E-state index in [1.807, 2.05) is 12.7 Å². The molecule has 0 unspecified atom stereocenters. The third-order valence-corrected chi connectivity index (χ3v) is 7.07. The lowest BCUT2D eigenvalue weighted by atomic mass is 9.80. The van der Waals surface area contributed by atoms with Gasteiger partial charge in [0.05, 0.1) is 0 Å². The highest BCUT2D eigenvalue weighted by atomic mass is 31.1. The van der Waals surface area contributed by atoms with Crippen LogP contribution in [-0.4, -0.2) is 5.80 Å². The second-order valence-electron chi connectivity index (χ2n) is 13.1. The van der Waals surface area contributed by atoms with Crippen molar-refractivity contribution in [3.63, 3.8) is 0 Å². The van der Waals surface area contributed by atoms with E-state index in [9.17, 15) is 0 Å². The highest BCUT2D eigenvalue weighted by molar-refractivity contribution is 7.48. The Morgan fingerprint density at radius 2 is 0.879 bits per heavy atom. The predicted octanol–water partition coefficient (Wildman–Crippen LogP) is 9.47. The van der Waals surface area contributed by atoms with Gasteiger partial charge in [0.2, 0.25) is 0 Å². The predicted molar refractivity (Wildman–Crippen MR) is 148 cm³/mol. The van der Waals surface area contributed by atoms with E-state index in [4.69, 9.17) is 9.05 Å². The highest BCUT2D eigenvalue weighted by Crippen LogP contribution is 2.43. The molecule has 0 N–H and O–H groups in total. The first-order valence-corrected chi connectivity index (χ1v) is 13.3. The molecular weight excluding hydrogens is 423 g/mol. The third kappa shape index (κ3) is 7.10. The van der Waals surface area contributed by atoms with Crippen molar-refractivity contribution < 1.29 is 9.05 Å². The molecule has 33 heavy (non-hydrogen) atoms. The Labute approximate surface area is 204 Å². The van der Waals surface area contributed by atoms with E-state index < -0.39 is 8.00 Å². The Morgan fingerprint density at radius 3 is 1.12 bits per heavy atom. The van der Waals surface area contributed by atoms with Crippen LogP contribution in [0.25, 0.3) is 0 Å². The lowest BCUT2D eigenvalue weighted by molar-refractivity contribution is 0.472. The van der Waals surface area contributed by atoms with Crippen LogP contribution in [0, 0.1) is 0 Å². The van der Waals surface area contributed by atoms with Crippen LogP contribution >= 0.6 is 8.00 Å². The van der Waals surface area contributed by atoms with Crippen LogP contribution in [0.15, 0.2) is 36.4 Å². The zero-order chi connectivity index (χ0) is 25.4. The van der Waals surface area contributed by atoms with Crippen molar-refractivity contribution in [2.75, 3.05) is 0 Å². The maximum atomic E-state index is 6.55. The summed E-state index contributed by atoms with van der Waals surface area (Å²) in [5.74, 6) is 3.86. The van der Waals surface area contributed by atoms with Crippen LogP contribution in [0.1, 0.15) is 112 Å². The van der Waals surface area contributed by atoms with Crippen LogP contribution < -0.4 is 9.05 Å². The molecule has 3 heteroatoms. The minimum atomic E-state index is -1.24. The minimum Gasteiger partial charge on any atom is -0.253 e. The molecule has 0 atom stereocenters. The van der Waals surface area contributed by atoms with Crippen molar-refractivity contribution in [2.24, 2.45) is 0 Å². The molecule has 0 amide bonds. The van der Waals surface area contributed by atoms with Gasteiger partial charge in [0.25, 0.3) is 0 Å². The largest absolute Gasteiger partial charge is 0.528 e. The van der Waals surface area contributed by atoms with Crippen molar-refractivity contribution in [1.29, 1.82) is 0 Å². The van der Waals surface area contributed by atoms with Gasteiger partial charge in [-0.15, -0.1) is 0 Å². The van der Waals surface area contributed by atoms with Gasteiger partial charge >= 0.3 is 8.00 Å². The summed E-state index contributed by atoms with van der Waals surface area (Å²) in [5.41, 5.74) is 5.18. The van der Waals surface area contributed by atoms with Crippen molar-refractivity contribution in [3.05, 3.63) is 58.7 Å². The lowest BCUT2D eigenvalue weighted by Gasteiger charge is -2.26. The Morgan fingerprint density at radius 1 is 0.545 bits per heavy atom. The summed E-state index contributed by atoms with van der Waals surface area (Å²) in [5, 5.41) is 0. The fourth-order valence-corrected chi connectivity index (χ4v) is 4.60. The third-order valence-electron chi connectivity index (χ3n) is 5.89. The summed E-state index contributed by atoms with van der Waals surface area (Å²) in [6.45, 7) is 29.0. The maximum absolute atomic E-state index is 6.55. The molecule has 0 radical (unpaired) electrons. The van der Waals surface area contributed by atoms with E-state index in [1.54, 1.807) is 0 Å². The monoisotopic (exact) mass is 469 g/mol. The van der Waals surface area contributed by atoms with E-state index in [0.29, 0.717) is 0 Å². The second kappa shape index (κ2) is 9.46. The van der Waals surface area contributed by atoms with Gasteiger partial charge in [-0.05, 0) is 44.9 Å². The zero-order valence-corrected chi connectivity index (χ0v) is 24.2. The molecule has 0 aliphatic carbocycles. The van der Waals surface area contributed by atoms with E-state index in [1.165, 1.54) is 22.3 Å². The normalized spacial score (nSPS) is 13.0. The van der Waals surface area contributed by atoms with Gasteiger partial charge < -0.3 is 0 Å². The quantitative estimate of drug-likeness (QED) is 0.415. The topological polar surface area (TPSA) is 18.5 Å². The molecule has 2 rings (SSSR count). The zero-order valence-electron chi connectivity index (χ0n) is 23.3. The van der Waals surface area contributed by atoms with Crippen LogP contribution in [0.5, 0.6) is 11.5 Å².